The summed E-state index contributed by atoms with van der Waals surface area (Å²) in [5.74, 6) is 0.585. The first-order chi connectivity index (χ1) is 9.86. The molecule has 1 aromatic carbocycles. The van der Waals surface area contributed by atoms with Gasteiger partial charge in [0, 0.05) is 12.0 Å². The molecule has 0 aliphatic carbocycles. The lowest BCUT2D eigenvalue weighted by Crippen LogP contribution is -2.26. The van der Waals surface area contributed by atoms with Crippen LogP contribution >= 0.6 is 0 Å². The Morgan fingerprint density at radius 2 is 2.20 bits per heavy atom. The lowest BCUT2D eigenvalue weighted by molar-refractivity contribution is -0.0116. The van der Waals surface area contributed by atoms with Crippen LogP contribution in [0.25, 0.3) is 10.8 Å². The Kier molecular flexibility index (Phi) is 4.14. The van der Waals surface area contributed by atoms with Crippen LogP contribution in [-0.4, -0.2) is 29.4 Å². The van der Waals surface area contributed by atoms with E-state index in [0.29, 0.717) is 18.2 Å². The average molecular weight is 273 g/mol. The van der Waals surface area contributed by atoms with Crippen LogP contribution in [0.2, 0.25) is 0 Å². The van der Waals surface area contributed by atoms with E-state index in [1.165, 1.54) is 6.42 Å². The summed E-state index contributed by atoms with van der Waals surface area (Å²) in [7, 11) is 0. The Hall–Kier alpha value is -1.65. The number of aromatic nitrogens is 1. The quantitative estimate of drug-likeness (QED) is 0.930. The second-order valence-electron chi connectivity index (χ2n) is 5.10. The summed E-state index contributed by atoms with van der Waals surface area (Å²) in [4.78, 5) is 4.38. The van der Waals surface area contributed by atoms with Gasteiger partial charge in [-0.05, 0) is 36.8 Å². The molecule has 1 unspecified atom stereocenters. The van der Waals surface area contributed by atoms with Gasteiger partial charge in [-0.2, -0.15) is 0 Å². The third-order valence-corrected chi connectivity index (χ3v) is 3.60. The molecule has 0 bridgehead atoms. The van der Waals surface area contributed by atoms with Gasteiger partial charge in [-0.25, -0.2) is 4.98 Å². The zero-order valence-corrected chi connectivity index (χ0v) is 11.4. The van der Waals surface area contributed by atoms with Gasteiger partial charge in [0.2, 0.25) is 5.88 Å². The minimum absolute atomic E-state index is 0.0822. The molecule has 1 aromatic heterocycles. The molecule has 0 radical (unpaired) electrons. The van der Waals surface area contributed by atoms with E-state index in [9.17, 15) is 5.11 Å². The summed E-state index contributed by atoms with van der Waals surface area (Å²) in [6.45, 7) is 1.26. The van der Waals surface area contributed by atoms with Crippen LogP contribution in [0.4, 0.5) is 0 Å². The molecule has 0 amide bonds. The van der Waals surface area contributed by atoms with Gasteiger partial charge >= 0.3 is 0 Å². The Labute approximate surface area is 118 Å². The maximum absolute atomic E-state index is 9.30. The molecule has 0 saturated carbocycles. The van der Waals surface area contributed by atoms with Crippen LogP contribution in [0.5, 0.6) is 5.88 Å². The van der Waals surface area contributed by atoms with E-state index in [-0.39, 0.29) is 12.7 Å². The smallest absolute Gasteiger partial charge is 0.221 e. The van der Waals surface area contributed by atoms with Crippen molar-refractivity contribution in [2.24, 2.45) is 0 Å². The molecule has 20 heavy (non-hydrogen) atoms. The van der Waals surface area contributed by atoms with Crippen molar-refractivity contribution in [3.05, 3.63) is 36.0 Å². The first-order valence-corrected chi connectivity index (χ1v) is 7.11. The first kappa shape index (κ1) is 13.3. The van der Waals surface area contributed by atoms with Crippen molar-refractivity contribution in [3.63, 3.8) is 0 Å². The van der Waals surface area contributed by atoms with Gasteiger partial charge in [0.1, 0.15) is 6.61 Å². The molecule has 4 heteroatoms. The first-order valence-electron chi connectivity index (χ1n) is 7.11. The van der Waals surface area contributed by atoms with Gasteiger partial charge in [0.05, 0.1) is 18.4 Å². The minimum atomic E-state index is -0.0822. The second-order valence-corrected chi connectivity index (χ2v) is 5.10. The molecule has 106 valence electrons. The molecule has 1 atom stereocenters. The number of rotatable bonds is 4. The van der Waals surface area contributed by atoms with Crippen LogP contribution < -0.4 is 4.74 Å². The molecule has 1 N–H and O–H groups in total. The maximum Gasteiger partial charge on any atom is 0.221 e. The summed E-state index contributed by atoms with van der Waals surface area (Å²) >= 11 is 0. The Morgan fingerprint density at radius 3 is 3.00 bits per heavy atom. The van der Waals surface area contributed by atoms with E-state index in [4.69, 9.17) is 9.47 Å². The molecule has 4 nitrogen and oxygen atoms in total. The summed E-state index contributed by atoms with van der Waals surface area (Å²) in [6.07, 6.45) is 3.52. The zero-order chi connectivity index (χ0) is 13.8. The predicted octanol–water partition coefficient (Wildman–Crippen LogP) is 2.68. The van der Waals surface area contributed by atoms with E-state index in [2.05, 4.69) is 4.98 Å². The standard InChI is InChI=1S/C16H19NO3/c18-10-13-9-12-5-1-2-7-15(12)16(17-13)20-11-14-6-3-4-8-19-14/h1-2,5,7,9,14,18H,3-4,6,8,10-11H2. The highest BCUT2D eigenvalue weighted by molar-refractivity contribution is 5.87. The van der Waals surface area contributed by atoms with Crippen molar-refractivity contribution in [1.82, 2.24) is 4.98 Å². The Morgan fingerprint density at radius 1 is 1.30 bits per heavy atom. The van der Waals surface area contributed by atoms with E-state index in [0.717, 1.165) is 30.2 Å². The normalized spacial score (nSPS) is 19.1. The number of hydrogen-bond donors (Lipinski definition) is 1. The highest BCUT2D eigenvalue weighted by Crippen LogP contribution is 2.25. The van der Waals surface area contributed by atoms with Gasteiger partial charge < -0.3 is 14.6 Å². The van der Waals surface area contributed by atoms with Crippen LogP contribution in [0.1, 0.15) is 25.0 Å². The van der Waals surface area contributed by atoms with Crippen molar-refractivity contribution in [2.75, 3.05) is 13.2 Å². The summed E-state index contributed by atoms with van der Waals surface area (Å²) in [5, 5.41) is 11.3. The summed E-state index contributed by atoms with van der Waals surface area (Å²) < 4.78 is 11.5. The van der Waals surface area contributed by atoms with Crippen molar-refractivity contribution in [2.45, 2.75) is 32.0 Å². The fourth-order valence-corrected chi connectivity index (χ4v) is 2.52. The Bertz CT molecular complexity index is 579. The van der Waals surface area contributed by atoms with Gasteiger partial charge in [0.25, 0.3) is 0 Å². The van der Waals surface area contributed by atoms with Crippen molar-refractivity contribution in [3.8, 4) is 5.88 Å². The minimum Gasteiger partial charge on any atom is -0.474 e. The van der Waals surface area contributed by atoms with Gasteiger partial charge in [-0.3, -0.25) is 0 Å². The van der Waals surface area contributed by atoms with Gasteiger partial charge in [-0.1, -0.05) is 18.2 Å². The molecule has 0 spiro atoms. The molecule has 1 saturated heterocycles. The zero-order valence-electron chi connectivity index (χ0n) is 11.4. The molecule has 2 heterocycles. The number of nitrogens with zero attached hydrogens (tertiary/aromatic N) is 1. The number of benzene rings is 1. The largest absolute Gasteiger partial charge is 0.474 e. The van der Waals surface area contributed by atoms with E-state index < -0.39 is 0 Å². The van der Waals surface area contributed by atoms with Crippen molar-refractivity contribution >= 4 is 10.8 Å². The molecule has 1 fully saturated rings. The fourth-order valence-electron chi connectivity index (χ4n) is 2.52. The number of pyridine rings is 1. The number of fused-ring (bicyclic) bond motifs is 1. The molecule has 2 aromatic rings. The van der Waals surface area contributed by atoms with Crippen molar-refractivity contribution in [1.29, 1.82) is 0 Å². The average Bonchev–Trinajstić information content (AvgIpc) is 2.53. The lowest BCUT2D eigenvalue weighted by Gasteiger charge is -2.22. The maximum atomic E-state index is 9.30. The SMILES string of the molecule is OCc1cc2ccccc2c(OCC2CCCCO2)n1. The number of hydrogen-bond acceptors (Lipinski definition) is 4. The van der Waals surface area contributed by atoms with E-state index in [1.54, 1.807) is 0 Å². The molecule has 1 aliphatic rings. The third kappa shape index (κ3) is 2.92. The summed E-state index contributed by atoms with van der Waals surface area (Å²) in [5.41, 5.74) is 0.628. The number of ether oxygens (including phenoxy) is 2. The van der Waals surface area contributed by atoms with Crippen LogP contribution in [0.15, 0.2) is 30.3 Å². The number of aliphatic hydroxyl groups is 1. The molecule has 1 aliphatic heterocycles. The monoisotopic (exact) mass is 273 g/mol. The molecule has 3 rings (SSSR count). The highest BCUT2D eigenvalue weighted by atomic mass is 16.5. The van der Waals surface area contributed by atoms with Crippen molar-refractivity contribution < 1.29 is 14.6 Å². The van der Waals surface area contributed by atoms with Gasteiger partial charge in [-0.15, -0.1) is 0 Å². The second kappa shape index (κ2) is 6.20. The van der Waals surface area contributed by atoms with Crippen LogP contribution in [0, 0.1) is 0 Å². The molecular formula is C16H19NO3. The van der Waals surface area contributed by atoms with Gasteiger partial charge in [0.15, 0.2) is 0 Å². The lowest BCUT2D eigenvalue weighted by atomic mass is 10.1. The fraction of sp³-hybridized carbons (Fsp3) is 0.438. The predicted molar refractivity (Wildman–Crippen MR) is 76.8 cm³/mol. The van der Waals surface area contributed by atoms with E-state index in [1.807, 2.05) is 30.3 Å². The Balaban J connectivity index is 1.81. The topological polar surface area (TPSA) is 51.6 Å². The molecular weight excluding hydrogens is 254 g/mol. The van der Waals surface area contributed by atoms with Crippen LogP contribution in [-0.2, 0) is 11.3 Å². The third-order valence-electron chi connectivity index (χ3n) is 3.60. The van der Waals surface area contributed by atoms with E-state index >= 15 is 0 Å². The van der Waals surface area contributed by atoms with Crippen LogP contribution in [0.3, 0.4) is 0 Å². The number of aliphatic hydroxyl groups excluding tert-OH is 1. The highest BCUT2D eigenvalue weighted by Gasteiger charge is 2.15. The summed E-state index contributed by atoms with van der Waals surface area (Å²) in [6, 6.07) is 9.81.